The second-order valence-electron chi connectivity index (χ2n) is 1.90. The number of hydrogen-bond donors (Lipinski definition) is 4. The van der Waals surface area contributed by atoms with Crippen molar-refractivity contribution in [2.45, 2.75) is 6.29 Å². The van der Waals surface area contributed by atoms with Gasteiger partial charge in [-0.3, -0.25) is 0 Å². The van der Waals surface area contributed by atoms with Crippen LogP contribution in [-0.4, -0.2) is 27.9 Å². The summed E-state index contributed by atoms with van der Waals surface area (Å²) in [5.41, 5.74) is 0.525. The van der Waals surface area contributed by atoms with Gasteiger partial charge in [0.2, 0.25) is 0 Å². The summed E-state index contributed by atoms with van der Waals surface area (Å²) in [5.74, 6) is 0. The Kier molecular flexibility index (Phi) is 6.31. The lowest BCUT2D eigenvalue weighted by atomic mass is 10.2. The number of hydrogen-bond acceptors (Lipinski definition) is 4. The molecule has 0 bridgehead atoms. The van der Waals surface area contributed by atoms with Gasteiger partial charge in [-0.25, -0.2) is 0 Å². The Morgan fingerprint density at radius 1 is 1.00 bits per heavy atom. The van der Waals surface area contributed by atoms with Crippen molar-refractivity contribution in [3.63, 3.8) is 0 Å². The molecule has 0 aliphatic carbocycles. The first-order valence-corrected chi connectivity index (χ1v) is 3.23. The maximum absolute atomic E-state index is 8.58. The summed E-state index contributed by atoms with van der Waals surface area (Å²) in [6, 6.07) is 8.66. The van der Waals surface area contributed by atoms with Crippen molar-refractivity contribution in [1.29, 1.82) is 0 Å². The van der Waals surface area contributed by atoms with Gasteiger partial charge in [0.25, 0.3) is 0 Å². The second-order valence-corrected chi connectivity index (χ2v) is 1.90. The van der Waals surface area contributed by atoms with E-state index in [0.717, 1.165) is 0 Å². The highest BCUT2D eigenvalue weighted by Crippen LogP contribution is 2.06. The molecule has 12 heavy (non-hydrogen) atoms. The highest BCUT2D eigenvalue weighted by Gasteiger charge is 1.97. The summed E-state index contributed by atoms with van der Waals surface area (Å²) in [7, 11) is 0. The summed E-state index contributed by atoms with van der Waals surface area (Å²) in [5, 5.41) is 31.2. The summed E-state index contributed by atoms with van der Waals surface area (Å²) in [6.07, 6.45) is -1.34. The van der Waals surface area contributed by atoms with Crippen LogP contribution in [0.15, 0.2) is 30.3 Å². The van der Waals surface area contributed by atoms with Crippen molar-refractivity contribution < 1.29 is 20.3 Å². The van der Waals surface area contributed by atoms with E-state index >= 15 is 0 Å². The van der Waals surface area contributed by atoms with Crippen molar-refractivity contribution >= 4 is 7.69 Å². The van der Waals surface area contributed by atoms with Gasteiger partial charge in [0, 0.05) is 5.56 Å². The second kappa shape index (κ2) is 6.81. The fourth-order valence-corrected chi connectivity index (χ4v) is 0.625. The molecule has 0 fully saturated rings. The van der Waals surface area contributed by atoms with Crippen LogP contribution >= 0.6 is 0 Å². The molecule has 1 radical (unpaired) electrons. The molecule has 1 rings (SSSR count). The highest BCUT2D eigenvalue weighted by molar-refractivity contribution is 6.13. The van der Waals surface area contributed by atoms with Gasteiger partial charge >= 0.3 is 7.69 Å². The highest BCUT2D eigenvalue weighted by atomic mass is 16.5. The maximum Gasteiger partial charge on any atom is 0.482 e. The third kappa shape index (κ3) is 4.87. The summed E-state index contributed by atoms with van der Waals surface area (Å²) in [4.78, 5) is 0. The molecule has 0 saturated heterocycles. The zero-order chi connectivity index (χ0) is 9.40. The van der Waals surface area contributed by atoms with Crippen molar-refractivity contribution in [2.75, 3.05) is 0 Å². The number of rotatable bonds is 1. The van der Waals surface area contributed by atoms with Crippen LogP contribution in [-0.2, 0) is 0 Å². The largest absolute Gasteiger partial charge is 0.482 e. The van der Waals surface area contributed by atoms with Crippen LogP contribution in [0.5, 0.6) is 0 Å². The quantitative estimate of drug-likeness (QED) is 0.327. The van der Waals surface area contributed by atoms with Crippen LogP contribution in [0.25, 0.3) is 0 Å². The van der Waals surface area contributed by atoms with Gasteiger partial charge in [0.05, 0.1) is 0 Å². The minimum Gasteiger partial charge on any atom is -0.429 e. The summed E-state index contributed by atoms with van der Waals surface area (Å²) in [6.45, 7) is 0. The van der Waals surface area contributed by atoms with E-state index in [1.165, 1.54) is 0 Å². The van der Waals surface area contributed by atoms with Gasteiger partial charge in [0.1, 0.15) is 0 Å². The summed E-state index contributed by atoms with van der Waals surface area (Å²) < 4.78 is 0. The van der Waals surface area contributed by atoms with Crippen molar-refractivity contribution in [2.24, 2.45) is 0 Å². The Labute approximate surface area is 71.0 Å². The molecular weight excluding hydrogens is 159 g/mol. The molecule has 0 saturated carbocycles. The lowest BCUT2D eigenvalue weighted by Gasteiger charge is -1.99. The van der Waals surface area contributed by atoms with Crippen LogP contribution in [0.1, 0.15) is 11.9 Å². The molecule has 0 spiro atoms. The zero-order valence-electron chi connectivity index (χ0n) is 6.33. The monoisotopic (exact) mass is 169 g/mol. The van der Waals surface area contributed by atoms with Crippen molar-refractivity contribution in [3.8, 4) is 0 Å². The Balaban J connectivity index is 0.000000354. The average molecular weight is 169 g/mol. The standard InChI is InChI=1S/C7H8O2.BH2O2/c8-7(9)6-4-2-1-3-5-6;2-1-3/h1-5,7-9H;2-3H. The van der Waals surface area contributed by atoms with Crippen molar-refractivity contribution in [3.05, 3.63) is 35.9 Å². The molecule has 0 amide bonds. The number of aliphatic hydroxyl groups excluding tert-OH is 1. The van der Waals surface area contributed by atoms with Crippen LogP contribution in [0.2, 0.25) is 0 Å². The van der Waals surface area contributed by atoms with Gasteiger partial charge in [-0.05, 0) is 0 Å². The Morgan fingerprint density at radius 3 is 1.67 bits per heavy atom. The molecule has 0 atom stereocenters. The molecule has 4 N–H and O–H groups in total. The molecule has 1 aromatic rings. The van der Waals surface area contributed by atoms with E-state index in [2.05, 4.69) is 0 Å². The number of aliphatic hydroxyl groups is 2. The molecule has 5 heteroatoms. The Morgan fingerprint density at radius 2 is 1.42 bits per heavy atom. The van der Waals surface area contributed by atoms with Crippen molar-refractivity contribution in [1.82, 2.24) is 0 Å². The van der Waals surface area contributed by atoms with E-state index in [-0.39, 0.29) is 7.69 Å². The number of benzene rings is 1. The third-order valence-electron chi connectivity index (χ3n) is 1.10. The average Bonchev–Trinajstić information content (AvgIpc) is 2.07. The molecule has 0 aliphatic heterocycles. The minimum absolute atomic E-state index is 0. The zero-order valence-corrected chi connectivity index (χ0v) is 6.33. The molecule has 1 aromatic carbocycles. The van der Waals surface area contributed by atoms with E-state index < -0.39 is 6.29 Å². The molecule has 0 aromatic heterocycles. The topological polar surface area (TPSA) is 80.9 Å². The van der Waals surface area contributed by atoms with Gasteiger partial charge in [0.15, 0.2) is 6.29 Å². The van der Waals surface area contributed by atoms with E-state index in [9.17, 15) is 0 Å². The molecule has 0 unspecified atom stereocenters. The smallest absolute Gasteiger partial charge is 0.429 e. The SMILES string of the molecule is OC(O)c1ccccc1.O[B]O. The van der Waals surface area contributed by atoms with Crippen LogP contribution in [0.3, 0.4) is 0 Å². The predicted octanol–water partition coefficient (Wildman–Crippen LogP) is -0.825. The first-order valence-electron chi connectivity index (χ1n) is 3.23. The fraction of sp³-hybridized carbons (Fsp3) is 0.143. The minimum atomic E-state index is -1.34. The van der Waals surface area contributed by atoms with Crippen LogP contribution < -0.4 is 0 Å². The molecule has 0 aliphatic rings. The first-order chi connectivity index (χ1) is 5.72. The van der Waals surface area contributed by atoms with Gasteiger partial charge < -0.3 is 20.3 Å². The van der Waals surface area contributed by atoms with Gasteiger partial charge in [-0.1, -0.05) is 30.3 Å². The van der Waals surface area contributed by atoms with E-state index in [1.807, 2.05) is 6.07 Å². The first kappa shape index (κ1) is 11.1. The van der Waals surface area contributed by atoms with Gasteiger partial charge in [-0.2, -0.15) is 0 Å². The molecule has 65 valence electrons. The molecule has 0 heterocycles. The molecular formula is C7H10BO4. The van der Waals surface area contributed by atoms with Crippen LogP contribution in [0, 0.1) is 0 Å². The maximum atomic E-state index is 8.58. The lowest BCUT2D eigenvalue weighted by molar-refractivity contribution is -0.0424. The molecule has 4 nitrogen and oxygen atoms in total. The normalized spacial score (nSPS) is 8.75. The fourth-order valence-electron chi connectivity index (χ4n) is 0.625. The predicted molar refractivity (Wildman–Crippen MR) is 43.8 cm³/mol. The van der Waals surface area contributed by atoms with E-state index in [4.69, 9.17) is 20.3 Å². The van der Waals surface area contributed by atoms with Crippen LogP contribution in [0.4, 0.5) is 0 Å². The van der Waals surface area contributed by atoms with Gasteiger partial charge in [-0.15, -0.1) is 0 Å². The van der Waals surface area contributed by atoms with E-state index in [1.54, 1.807) is 24.3 Å². The summed E-state index contributed by atoms with van der Waals surface area (Å²) >= 11 is 0. The third-order valence-corrected chi connectivity index (χ3v) is 1.10. The lowest BCUT2D eigenvalue weighted by Crippen LogP contribution is -1.92. The Hall–Kier alpha value is -0.875. The Bertz CT molecular complexity index is 190. The van der Waals surface area contributed by atoms with E-state index in [0.29, 0.717) is 5.56 Å².